The first kappa shape index (κ1) is 12.1. The lowest BCUT2D eigenvalue weighted by Crippen LogP contribution is -2.16. The molecule has 1 aromatic carbocycles. The molecule has 0 saturated carbocycles. The van der Waals surface area contributed by atoms with Crippen molar-refractivity contribution in [3.05, 3.63) is 41.5 Å². The summed E-state index contributed by atoms with van der Waals surface area (Å²) < 4.78 is 0. The van der Waals surface area contributed by atoms with E-state index in [0.29, 0.717) is 5.78 Å². The van der Waals surface area contributed by atoms with Crippen LogP contribution in [-0.4, -0.2) is 5.78 Å². The Bertz CT molecular complexity index is 417. The minimum absolute atomic E-state index is 0.113. The number of fused-ring (bicyclic) bond motifs is 1. The Morgan fingerprint density at radius 2 is 1.94 bits per heavy atom. The summed E-state index contributed by atoms with van der Waals surface area (Å²) in [7, 11) is 0. The summed E-state index contributed by atoms with van der Waals surface area (Å²) in [6.07, 6.45) is 10.1. The van der Waals surface area contributed by atoms with Crippen LogP contribution in [0, 0.1) is 5.92 Å². The number of carbonyl (C=O) groups is 1. The molecular formula is C16H20O. The van der Waals surface area contributed by atoms with Gasteiger partial charge in [0.15, 0.2) is 5.78 Å². The summed E-state index contributed by atoms with van der Waals surface area (Å²) >= 11 is 0. The van der Waals surface area contributed by atoms with Crippen LogP contribution in [0.2, 0.25) is 0 Å². The average molecular weight is 228 g/mol. The van der Waals surface area contributed by atoms with Crippen molar-refractivity contribution in [2.24, 2.45) is 5.92 Å². The standard InChI is InChI=1S/C16H20O/c1-2-3-4-5-9-14-12-11-13-8-6-7-10-15(13)16(14)17/h6-8,10-12,14H,2-5,9H2,1H3. The molecule has 0 spiro atoms. The van der Waals surface area contributed by atoms with Crippen molar-refractivity contribution in [3.63, 3.8) is 0 Å². The fourth-order valence-corrected chi connectivity index (χ4v) is 2.39. The highest BCUT2D eigenvalue weighted by Gasteiger charge is 2.22. The van der Waals surface area contributed by atoms with Crippen molar-refractivity contribution in [2.75, 3.05) is 0 Å². The van der Waals surface area contributed by atoms with Crippen LogP contribution in [0.4, 0.5) is 0 Å². The largest absolute Gasteiger partial charge is 0.293 e. The van der Waals surface area contributed by atoms with Gasteiger partial charge in [0.2, 0.25) is 0 Å². The molecule has 1 atom stereocenters. The lowest BCUT2D eigenvalue weighted by atomic mass is 9.85. The predicted octanol–water partition coefficient (Wildman–Crippen LogP) is 4.48. The molecule has 1 aliphatic carbocycles. The van der Waals surface area contributed by atoms with E-state index in [2.05, 4.69) is 19.1 Å². The molecule has 1 unspecified atom stereocenters. The second-order valence-corrected chi connectivity index (χ2v) is 4.77. The maximum absolute atomic E-state index is 12.2. The highest BCUT2D eigenvalue weighted by Crippen LogP contribution is 2.26. The summed E-state index contributed by atoms with van der Waals surface area (Å²) in [5, 5.41) is 0. The molecule has 17 heavy (non-hydrogen) atoms. The Labute approximate surface area is 104 Å². The molecular weight excluding hydrogens is 208 g/mol. The molecule has 90 valence electrons. The van der Waals surface area contributed by atoms with Gasteiger partial charge in [-0.05, 0) is 12.0 Å². The first-order valence-electron chi connectivity index (χ1n) is 6.64. The van der Waals surface area contributed by atoms with Crippen LogP contribution in [0.1, 0.15) is 54.9 Å². The van der Waals surface area contributed by atoms with E-state index >= 15 is 0 Å². The Morgan fingerprint density at radius 3 is 2.76 bits per heavy atom. The van der Waals surface area contributed by atoms with E-state index in [1.807, 2.05) is 24.3 Å². The van der Waals surface area contributed by atoms with E-state index in [1.54, 1.807) is 0 Å². The van der Waals surface area contributed by atoms with E-state index < -0.39 is 0 Å². The number of unbranched alkanes of at least 4 members (excludes halogenated alkanes) is 3. The van der Waals surface area contributed by atoms with E-state index in [0.717, 1.165) is 24.0 Å². The fourth-order valence-electron chi connectivity index (χ4n) is 2.39. The highest BCUT2D eigenvalue weighted by atomic mass is 16.1. The summed E-state index contributed by atoms with van der Waals surface area (Å²) in [4.78, 5) is 12.2. The van der Waals surface area contributed by atoms with E-state index in [9.17, 15) is 4.79 Å². The predicted molar refractivity (Wildman–Crippen MR) is 72.1 cm³/mol. The van der Waals surface area contributed by atoms with Crippen molar-refractivity contribution in [1.82, 2.24) is 0 Å². The number of ketones is 1. The van der Waals surface area contributed by atoms with Gasteiger partial charge >= 0.3 is 0 Å². The van der Waals surface area contributed by atoms with Crippen molar-refractivity contribution >= 4 is 11.9 Å². The number of allylic oxidation sites excluding steroid dienone is 1. The van der Waals surface area contributed by atoms with Crippen LogP contribution >= 0.6 is 0 Å². The molecule has 0 saturated heterocycles. The number of benzene rings is 1. The van der Waals surface area contributed by atoms with Gasteiger partial charge in [-0.3, -0.25) is 4.79 Å². The second-order valence-electron chi connectivity index (χ2n) is 4.77. The van der Waals surface area contributed by atoms with Gasteiger partial charge in [0.05, 0.1) is 0 Å². The summed E-state index contributed by atoms with van der Waals surface area (Å²) in [6.45, 7) is 2.21. The molecule has 0 fully saturated rings. The lowest BCUT2D eigenvalue weighted by molar-refractivity contribution is 0.0937. The number of hydrogen-bond donors (Lipinski definition) is 0. The van der Waals surface area contributed by atoms with Crippen LogP contribution in [-0.2, 0) is 0 Å². The van der Waals surface area contributed by atoms with Gasteiger partial charge in [0, 0.05) is 11.5 Å². The zero-order chi connectivity index (χ0) is 12.1. The Hall–Kier alpha value is -1.37. The third-order valence-electron chi connectivity index (χ3n) is 3.44. The Morgan fingerprint density at radius 1 is 1.12 bits per heavy atom. The molecule has 0 radical (unpaired) electrons. The quantitative estimate of drug-likeness (QED) is 0.679. The van der Waals surface area contributed by atoms with E-state index in [-0.39, 0.29) is 5.92 Å². The van der Waals surface area contributed by atoms with Crippen LogP contribution < -0.4 is 0 Å². The molecule has 0 amide bonds. The monoisotopic (exact) mass is 228 g/mol. The number of Topliss-reactive ketones (excluding diaryl/α,β-unsaturated/α-hetero) is 1. The van der Waals surface area contributed by atoms with Crippen molar-refractivity contribution in [2.45, 2.75) is 39.0 Å². The van der Waals surface area contributed by atoms with Gasteiger partial charge in [0.25, 0.3) is 0 Å². The Kier molecular flexibility index (Phi) is 4.13. The van der Waals surface area contributed by atoms with Crippen molar-refractivity contribution in [3.8, 4) is 0 Å². The van der Waals surface area contributed by atoms with Crippen LogP contribution in [0.25, 0.3) is 6.08 Å². The van der Waals surface area contributed by atoms with Crippen LogP contribution in [0.15, 0.2) is 30.3 Å². The SMILES string of the molecule is CCCCCCC1C=Cc2ccccc2C1=O. The fraction of sp³-hybridized carbons (Fsp3) is 0.438. The maximum Gasteiger partial charge on any atom is 0.170 e. The van der Waals surface area contributed by atoms with Gasteiger partial charge in [-0.2, -0.15) is 0 Å². The molecule has 0 heterocycles. The van der Waals surface area contributed by atoms with E-state index in [1.165, 1.54) is 19.3 Å². The number of carbonyl (C=O) groups excluding carboxylic acids is 1. The number of rotatable bonds is 5. The minimum Gasteiger partial charge on any atom is -0.293 e. The van der Waals surface area contributed by atoms with Gasteiger partial charge in [-0.25, -0.2) is 0 Å². The molecule has 0 aromatic heterocycles. The summed E-state index contributed by atoms with van der Waals surface area (Å²) in [6, 6.07) is 7.89. The molecule has 0 bridgehead atoms. The third-order valence-corrected chi connectivity index (χ3v) is 3.44. The maximum atomic E-state index is 12.2. The topological polar surface area (TPSA) is 17.1 Å². The smallest absolute Gasteiger partial charge is 0.170 e. The first-order valence-corrected chi connectivity index (χ1v) is 6.64. The summed E-state index contributed by atoms with van der Waals surface area (Å²) in [5.74, 6) is 0.418. The van der Waals surface area contributed by atoms with Gasteiger partial charge in [-0.1, -0.05) is 69.0 Å². The molecule has 1 aliphatic rings. The molecule has 1 heteroatoms. The highest BCUT2D eigenvalue weighted by molar-refractivity contribution is 6.04. The average Bonchev–Trinajstić information content (AvgIpc) is 2.37. The molecule has 0 N–H and O–H groups in total. The van der Waals surface area contributed by atoms with Gasteiger partial charge < -0.3 is 0 Å². The zero-order valence-corrected chi connectivity index (χ0v) is 10.5. The molecule has 1 aromatic rings. The van der Waals surface area contributed by atoms with Crippen LogP contribution in [0.5, 0.6) is 0 Å². The molecule has 0 aliphatic heterocycles. The molecule has 2 rings (SSSR count). The third kappa shape index (κ3) is 2.85. The van der Waals surface area contributed by atoms with Gasteiger partial charge in [0.1, 0.15) is 0 Å². The molecule has 1 nitrogen and oxygen atoms in total. The minimum atomic E-state index is 0.113. The van der Waals surface area contributed by atoms with Crippen molar-refractivity contribution < 1.29 is 4.79 Å². The summed E-state index contributed by atoms with van der Waals surface area (Å²) in [5.41, 5.74) is 1.97. The van der Waals surface area contributed by atoms with E-state index in [4.69, 9.17) is 0 Å². The van der Waals surface area contributed by atoms with Crippen LogP contribution in [0.3, 0.4) is 0 Å². The Balaban J connectivity index is 1.98. The zero-order valence-electron chi connectivity index (χ0n) is 10.5. The second kappa shape index (κ2) is 5.81. The lowest BCUT2D eigenvalue weighted by Gasteiger charge is -2.17. The first-order chi connectivity index (χ1) is 8.33. The number of hydrogen-bond acceptors (Lipinski definition) is 1. The van der Waals surface area contributed by atoms with Gasteiger partial charge in [-0.15, -0.1) is 0 Å². The van der Waals surface area contributed by atoms with Crippen molar-refractivity contribution in [1.29, 1.82) is 0 Å². The normalized spacial score (nSPS) is 18.2.